The van der Waals surface area contributed by atoms with E-state index in [1.165, 1.54) is 6.26 Å². The fraction of sp³-hybridized carbons (Fsp3) is 0.333. The smallest absolute Gasteiger partial charge is 0.373 e. The molecule has 1 aliphatic rings. The molecule has 3 rings (SSSR count). The highest BCUT2D eigenvalue weighted by Crippen LogP contribution is 2.42. The van der Waals surface area contributed by atoms with Gasteiger partial charge in [-0.1, -0.05) is 0 Å². The zero-order chi connectivity index (χ0) is 12.0. The Labute approximate surface area is 97.1 Å². The van der Waals surface area contributed by atoms with Gasteiger partial charge < -0.3 is 13.9 Å². The van der Waals surface area contributed by atoms with Crippen molar-refractivity contribution in [2.24, 2.45) is 0 Å². The van der Waals surface area contributed by atoms with Gasteiger partial charge in [0.1, 0.15) is 12.0 Å². The summed E-state index contributed by atoms with van der Waals surface area (Å²) in [7, 11) is 0. The Balaban J connectivity index is 2.06. The first-order chi connectivity index (χ1) is 8.15. The lowest BCUT2D eigenvalue weighted by Gasteiger charge is -1.89. The normalized spacial score (nSPS) is 15.1. The average molecular weight is 233 g/mol. The molecule has 1 N–H and O–H groups in total. The quantitative estimate of drug-likeness (QED) is 0.881. The maximum absolute atomic E-state index is 11.0. The molecule has 0 aliphatic heterocycles. The molecule has 1 fully saturated rings. The minimum Gasteiger partial charge on any atom is -0.475 e. The highest BCUT2D eigenvalue weighted by atomic mass is 16.4. The number of oxazole rings is 1. The van der Waals surface area contributed by atoms with Gasteiger partial charge in [-0.05, 0) is 25.8 Å². The number of hydrogen-bond acceptors (Lipinski definition) is 4. The van der Waals surface area contributed by atoms with Crippen LogP contribution in [0.1, 0.15) is 40.8 Å². The molecule has 1 saturated carbocycles. The van der Waals surface area contributed by atoms with Gasteiger partial charge in [0.05, 0.1) is 11.3 Å². The number of furan rings is 1. The van der Waals surface area contributed by atoms with E-state index in [0.29, 0.717) is 17.1 Å². The van der Waals surface area contributed by atoms with Gasteiger partial charge in [0.2, 0.25) is 11.7 Å². The SMILES string of the molecule is Cc1cc(-c2nc(C3CC3)c(C(=O)O)o2)co1. The van der Waals surface area contributed by atoms with Gasteiger partial charge in [0.25, 0.3) is 0 Å². The fourth-order valence-corrected chi connectivity index (χ4v) is 1.80. The van der Waals surface area contributed by atoms with E-state index in [2.05, 4.69) is 4.98 Å². The van der Waals surface area contributed by atoms with Crippen molar-refractivity contribution in [2.45, 2.75) is 25.7 Å². The van der Waals surface area contributed by atoms with Gasteiger partial charge in [-0.3, -0.25) is 0 Å². The molecule has 0 saturated heterocycles. The number of aromatic carboxylic acids is 1. The van der Waals surface area contributed by atoms with Crippen molar-refractivity contribution < 1.29 is 18.7 Å². The van der Waals surface area contributed by atoms with Crippen LogP contribution in [0, 0.1) is 6.92 Å². The zero-order valence-corrected chi connectivity index (χ0v) is 9.27. The third-order valence-corrected chi connectivity index (χ3v) is 2.79. The first kappa shape index (κ1) is 10.1. The van der Waals surface area contributed by atoms with Gasteiger partial charge in [-0.2, -0.15) is 0 Å². The molecule has 0 unspecified atom stereocenters. The summed E-state index contributed by atoms with van der Waals surface area (Å²) in [6, 6.07) is 1.77. The van der Waals surface area contributed by atoms with Gasteiger partial charge in [0, 0.05) is 5.92 Å². The van der Waals surface area contributed by atoms with Crippen molar-refractivity contribution in [3.63, 3.8) is 0 Å². The molecule has 5 heteroatoms. The fourth-order valence-electron chi connectivity index (χ4n) is 1.80. The second kappa shape index (κ2) is 3.48. The summed E-state index contributed by atoms with van der Waals surface area (Å²) in [6.07, 6.45) is 3.48. The van der Waals surface area contributed by atoms with Crippen molar-refractivity contribution in [3.8, 4) is 11.5 Å². The molecule has 0 radical (unpaired) electrons. The number of nitrogens with zero attached hydrogens (tertiary/aromatic N) is 1. The van der Waals surface area contributed by atoms with E-state index < -0.39 is 5.97 Å². The van der Waals surface area contributed by atoms with Crippen molar-refractivity contribution >= 4 is 5.97 Å². The first-order valence-corrected chi connectivity index (χ1v) is 5.44. The Morgan fingerprint density at radius 2 is 2.29 bits per heavy atom. The molecule has 17 heavy (non-hydrogen) atoms. The van der Waals surface area contributed by atoms with Crippen LogP contribution >= 0.6 is 0 Å². The Bertz CT molecular complexity index is 577. The van der Waals surface area contributed by atoms with Gasteiger partial charge in [0.15, 0.2) is 0 Å². The average Bonchev–Trinajstić information content (AvgIpc) is 2.87. The van der Waals surface area contributed by atoms with Crippen molar-refractivity contribution in [1.29, 1.82) is 0 Å². The molecule has 2 aromatic heterocycles. The number of rotatable bonds is 3. The van der Waals surface area contributed by atoms with E-state index in [-0.39, 0.29) is 11.7 Å². The molecular weight excluding hydrogens is 222 g/mol. The van der Waals surface area contributed by atoms with Crippen molar-refractivity contribution in [2.75, 3.05) is 0 Å². The first-order valence-electron chi connectivity index (χ1n) is 5.44. The predicted octanol–water partition coefficient (Wildman–Crippen LogP) is 2.82. The molecule has 5 nitrogen and oxygen atoms in total. The van der Waals surface area contributed by atoms with E-state index in [1.807, 2.05) is 6.92 Å². The van der Waals surface area contributed by atoms with Crippen LogP contribution in [0.3, 0.4) is 0 Å². The molecule has 2 aromatic rings. The lowest BCUT2D eigenvalue weighted by molar-refractivity contribution is 0.0661. The number of aryl methyl sites for hydroxylation is 1. The molecule has 0 bridgehead atoms. The summed E-state index contributed by atoms with van der Waals surface area (Å²) >= 11 is 0. The van der Waals surface area contributed by atoms with Crippen LogP contribution in [0.2, 0.25) is 0 Å². The maximum Gasteiger partial charge on any atom is 0.373 e. The summed E-state index contributed by atoms with van der Waals surface area (Å²) in [5, 5.41) is 9.05. The van der Waals surface area contributed by atoms with E-state index in [1.54, 1.807) is 6.07 Å². The number of carbonyl (C=O) groups is 1. The lowest BCUT2D eigenvalue weighted by Crippen LogP contribution is -1.98. The topological polar surface area (TPSA) is 76.5 Å². The highest BCUT2D eigenvalue weighted by molar-refractivity contribution is 5.86. The van der Waals surface area contributed by atoms with Gasteiger partial charge >= 0.3 is 5.97 Å². The van der Waals surface area contributed by atoms with Gasteiger partial charge in [-0.25, -0.2) is 9.78 Å². The summed E-state index contributed by atoms with van der Waals surface area (Å²) < 4.78 is 10.5. The van der Waals surface area contributed by atoms with E-state index in [9.17, 15) is 4.79 Å². The minimum absolute atomic E-state index is 0.0404. The zero-order valence-electron chi connectivity index (χ0n) is 9.27. The van der Waals surface area contributed by atoms with Crippen LogP contribution in [0.4, 0.5) is 0 Å². The molecule has 2 heterocycles. The van der Waals surface area contributed by atoms with Crippen molar-refractivity contribution in [1.82, 2.24) is 4.98 Å². The molecule has 0 spiro atoms. The Morgan fingerprint density at radius 3 is 2.82 bits per heavy atom. The third kappa shape index (κ3) is 1.73. The molecular formula is C12H11NO4. The van der Waals surface area contributed by atoms with Crippen LogP contribution in [-0.2, 0) is 0 Å². The summed E-state index contributed by atoms with van der Waals surface area (Å²) in [6.45, 7) is 1.81. The van der Waals surface area contributed by atoms with Crippen LogP contribution in [-0.4, -0.2) is 16.1 Å². The van der Waals surface area contributed by atoms with E-state index in [4.69, 9.17) is 13.9 Å². The second-order valence-electron chi connectivity index (χ2n) is 4.26. The largest absolute Gasteiger partial charge is 0.475 e. The maximum atomic E-state index is 11.0. The Morgan fingerprint density at radius 1 is 1.53 bits per heavy atom. The summed E-state index contributed by atoms with van der Waals surface area (Å²) in [5.41, 5.74) is 1.24. The number of carboxylic acids is 1. The highest BCUT2D eigenvalue weighted by Gasteiger charge is 2.33. The van der Waals surface area contributed by atoms with Crippen LogP contribution < -0.4 is 0 Å². The number of aromatic nitrogens is 1. The standard InChI is InChI=1S/C12H11NO4/c1-6-4-8(5-16-6)11-13-9(7-2-3-7)10(17-11)12(14)15/h4-5,7H,2-3H2,1H3,(H,14,15). The van der Waals surface area contributed by atoms with Crippen LogP contribution in [0.25, 0.3) is 11.5 Å². The Kier molecular flexibility index (Phi) is 2.07. The minimum atomic E-state index is -1.06. The van der Waals surface area contributed by atoms with Crippen LogP contribution in [0.5, 0.6) is 0 Å². The monoisotopic (exact) mass is 233 g/mol. The molecule has 88 valence electrons. The number of carboxylic acid groups (broad SMARTS) is 1. The number of hydrogen-bond donors (Lipinski definition) is 1. The molecule has 1 aliphatic carbocycles. The molecule has 0 aromatic carbocycles. The third-order valence-electron chi connectivity index (χ3n) is 2.79. The van der Waals surface area contributed by atoms with E-state index in [0.717, 1.165) is 18.6 Å². The Hall–Kier alpha value is -2.04. The molecule has 0 amide bonds. The van der Waals surface area contributed by atoms with Gasteiger partial charge in [-0.15, -0.1) is 0 Å². The molecule has 0 atom stereocenters. The second-order valence-corrected chi connectivity index (χ2v) is 4.26. The predicted molar refractivity (Wildman–Crippen MR) is 57.9 cm³/mol. The summed E-state index contributed by atoms with van der Waals surface area (Å²) in [5.74, 6) is 0.197. The van der Waals surface area contributed by atoms with Crippen LogP contribution in [0.15, 0.2) is 21.2 Å². The van der Waals surface area contributed by atoms with Crippen molar-refractivity contribution in [3.05, 3.63) is 29.5 Å². The van der Waals surface area contributed by atoms with E-state index >= 15 is 0 Å². The lowest BCUT2D eigenvalue weighted by atomic mass is 10.2. The summed E-state index contributed by atoms with van der Waals surface area (Å²) in [4.78, 5) is 15.3.